The molecule has 0 fully saturated rings. The number of benzene rings is 1. The highest BCUT2D eigenvalue weighted by atomic mass is 35.5. The van der Waals surface area contributed by atoms with Crippen molar-refractivity contribution in [3.8, 4) is 0 Å². The van der Waals surface area contributed by atoms with Crippen molar-refractivity contribution in [2.45, 2.75) is 5.88 Å². The van der Waals surface area contributed by atoms with Gasteiger partial charge in [-0.3, -0.25) is 0 Å². The minimum Gasteiger partial charge on any atom is -0.445 e. The summed E-state index contributed by atoms with van der Waals surface area (Å²) in [5.41, 5.74) is 1.55. The Balaban J connectivity index is 2.19. The normalized spacial score (nSPS) is 11.2. The Hall–Kier alpha value is -0.960. The Morgan fingerprint density at radius 3 is 2.71 bits per heavy atom. The van der Waals surface area contributed by atoms with Crippen molar-refractivity contribution in [1.82, 2.24) is 4.98 Å². The summed E-state index contributed by atoms with van der Waals surface area (Å²) in [7, 11) is 0. The van der Waals surface area contributed by atoms with Gasteiger partial charge >= 0.3 is 0 Å². The van der Waals surface area contributed by atoms with Crippen LogP contribution in [0.4, 0.5) is 0 Å². The monoisotopic (exact) mass is 287 g/mol. The van der Waals surface area contributed by atoms with Crippen molar-refractivity contribution in [2.24, 2.45) is 0 Å². The van der Waals surface area contributed by atoms with Gasteiger partial charge in [0.15, 0.2) is 0 Å². The Labute approximate surface area is 114 Å². The second-order valence-electron chi connectivity index (χ2n) is 3.31. The molecule has 0 aliphatic carbocycles. The molecule has 2 rings (SSSR count). The van der Waals surface area contributed by atoms with Crippen LogP contribution in [0.5, 0.6) is 0 Å². The molecular weight excluding hydrogens is 280 g/mol. The lowest BCUT2D eigenvalue weighted by molar-refractivity contribution is 0.546. The summed E-state index contributed by atoms with van der Waals surface area (Å²) in [5.74, 6) is 0.825. The molecule has 2 nitrogen and oxygen atoms in total. The number of aromatic nitrogens is 1. The second kappa shape index (κ2) is 5.58. The Kier molecular flexibility index (Phi) is 4.11. The zero-order chi connectivity index (χ0) is 12.3. The number of hydrogen-bond acceptors (Lipinski definition) is 2. The molecule has 0 unspecified atom stereocenters. The highest BCUT2D eigenvalue weighted by Crippen LogP contribution is 2.22. The molecule has 17 heavy (non-hydrogen) atoms. The molecule has 0 aliphatic rings. The van der Waals surface area contributed by atoms with Crippen molar-refractivity contribution < 1.29 is 4.42 Å². The van der Waals surface area contributed by atoms with Gasteiger partial charge in [-0.05, 0) is 23.8 Å². The predicted molar refractivity (Wildman–Crippen MR) is 71.5 cm³/mol. The van der Waals surface area contributed by atoms with Crippen molar-refractivity contribution in [1.29, 1.82) is 0 Å². The summed E-state index contributed by atoms with van der Waals surface area (Å²) in [6, 6.07) is 5.28. The first kappa shape index (κ1) is 12.5. The maximum absolute atomic E-state index is 6.02. The number of nitrogens with zero attached hydrogens (tertiary/aromatic N) is 1. The molecule has 0 N–H and O–H groups in total. The van der Waals surface area contributed by atoms with Gasteiger partial charge in [0.25, 0.3) is 0 Å². The van der Waals surface area contributed by atoms with E-state index >= 15 is 0 Å². The third-order valence-corrected chi connectivity index (χ3v) is 2.91. The van der Waals surface area contributed by atoms with Crippen LogP contribution >= 0.6 is 34.8 Å². The fraction of sp³-hybridized carbons (Fsp3) is 0.0833. The van der Waals surface area contributed by atoms with Crippen LogP contribution < -0.4 is 0 Å². The first-order valence-corrected chi connectivity index (χ1v) is 6.11. The molecule has 0 spiro atoms. The fourth-order valence-electron chi connectivity index (χ4n) is 1.26. The molecular formula is C12H8Cl3NO. The second-order valence-corrected chi connectivity index (χ2v) is 4.42. The molecule has 2 aromatic rings. The van der Waals surface area contributed by atoms with Gasteiger partial charge in [-0.1, -0.05) is 29.3 Å². The van der Waals surface area contributed by atoms with E-state index in [1.807, 2.05) is 12.1 Å². The molecule has 5 heteroatoms. The van der Waals surface area contributed by atoms with Gasteiger partial charge in [0.1, 0.15) is 6.26 Å². The van der Waals surface area contributed by atoms with E-state index in [9.17, 15) is 0 Å². The maximum atomic E-state index is 6.02. The van der Waals surface area contributed by atoms with E-state index in [2.05, 4.69) is 4.98 Å². The lowest BCUT2D eigenvalue weighted by atomic mass is 10.2. The summed E-state index contributed by atoms with van der Waals surface area (Å²) in [6.07, 6.45) is 5.06. The van der Waals surface area contributed by atoms with Crippen LogP contribution in [0, 0.1) is 0 Å². The van der Waals surface area contributed by atoms with E-state index < -0.39 is 0 Å². The zero-order valence-electron chi connectivity index (χ0n) is 8.66. The first-order valence-electron chi connectivity index (χ1n) is 4.82. The highest BCUT2D eigenvalue weighted by Gasteiger charge is 2.00. The standard InChI is InChI=1S/C12H8Cl3NO/c13-6-10-7-17-12(16-10)4-2-8-1-3-9(14)5-11(8)15/h1-5,7H,6H2. The molecule has 0 bridgehead atoms. The molecule has 0 amide bonds. The predicted octanol–water partition coefficient (Wildman–Crippen LogP) is 4.89. The van der Waals surface area contributed by atoms with E-state index in [1.54, 1.807) is 18.2 Å². The molecule has 0 saturated carbocycles. The fourth-order valence-corrected chi connectivity index (χ4v) is 1.85. The van der Waals surface area contributed by atoms with Gasteiger partial charge in [0, 0.05) is 16.1 Å². The van der Waals surface area contributed by atoms with Crippen molar-refractivity contribution in [3.05, 3.63) is 51.7 Å². The number of halogens is 3. The van der Waals surface area contributed by atoms with Crippen LogP contribution in [0.3, 0.4) is 0 Å². The van der Waals surface area contributed by atoms with Crippen LogP contribution in [0.15, 0.2) is 28.9 Å². The van der Waals surface area contributed by atoms with E-state index in [-0.39, 0.29) is 0 Å². The average molecular weight is 289 g/mol. The minimum absolute atomic E-state index is 0.332. The van der Waals surface area contributed by atoms with Crippen molar-refractivity contribution in [3.63, 3.8) is 0 Å². The van der Waals surface area contributed by atoms with Gasteiger partial charge in [-0.15, -0.1) is 11.6 Å². The number of hydrogen-bond donors (Lipinski definition) is 0. The Morgan fingerprint density at radius 2 is 2.06 bits per heavy atom. The molecule has 0 saturated heterocycles. The largest absolute Gasteiger partial charge is 0.445 e. The van der Waals surface area contributed by atoms with E-state index in [0.29, 0.717) is 27.5 Å². The van der Waals surface area contributed by atoms with Crippen LogP contribution in [0.1, 0.15) is 17.1 Å². The van der Waals surface area contributed by atoms with Crippen molar-refractivity contribution >= 4 is 47.0 Å². The zero-order valence-corrected chi connectivity index (χ0v) is 10.9. The van der Waals surface area contributed by atoms with Crippen LogP contribution in [-0.2, 0) is 5.88 Å². The lowest BCUT2D eigenvalue weighted by Gasteiger charge is -1.97. The Morgan fingerprint density at radius 1 is 1.24 bits per heavy atom. The van der Waals surface area contributed by atoms with Crippen LogP contribution in [-0.4, -0.2) is 4.98 Å². The molecule has 0 atom stereocenters. The van der Waals surface area contributed by atoms with Gasteiger partial charge in [0.2, 0.25) is 5.89 Å². The lowest BCUT2D eigenvalue weighted by Crippen LogP contribution is -1.77. The molecule has 1 heterocycles. The molecule has 1 aromatic carbocycles. The third kappa shape index (κ3) is 3.25. The first-order chi connectivity index (χ1) is 8.19. The highest BCUT2D eigenvalue weighted by molar-refractivity contribution is 6.35. The number of alkyl halides is 1. The number of rotatable bonds is 3. The molecule has 0 aliphatic heterocycles. The average Bonchev–Trinajstić information content (AvgIpc) is 2.76. The maximum Gasteiger partial charge on any atom is 0.218 e. The van der Waals surface area contributed by atoms with E-state index in [4.69, 9.17) is 39.2 Å². The topological polar surface area (TPSA) is 26.0 Å². The summed E-state index contributed by atoms with van der Waals surface area (Å²) < 4.78 is 5.19. The van der Waals surface area contributed by atoms with Gasteiger partial charge in [-0.2, -0.15) is 0 Å². The quantitative estimate of drug-likeness (QED) is 0.752. The van der Waals surface area contributed by atoms with Crippen molar-refractivity contribution in [2.75, 3.05) is 0 Å². The summed E-state index contributed by atoms with van der Waals surface area (Å²) in [5, 5.41) is 1.19. The van der Waals surface area contributed by atoms with E-state index in [1.165, 1.54) is 6.26 Å². The molecule has 88 valence electrons. The Bertz CT molecular complexity index is 548. The number of oxazole rings is 1. The van der Waals surface area contributed by atoms with Gasteiger partial charge < -0.3 is 4.42 Å². The summed E-state index contributed by atoms with van der Waals surface area (Å²) in [6.45, 7) is 0. The summed E-state index contributed by atoms with van der Waals surface area (Å²) >= 11 is 17.4. The SMILES string of the molecule is ClCc1coc(C=Cc2ccc(Cl)cc2Cl)n1. The van der Waals surface area contributed by atoms with Gasteiger partial charge in [0.05, 0.1) is 11.6 Å². The van der Waals surface area contributed by atoms with E-state index in [0.717, 1.165) is 5.56 Å². The minimum atomic E-state index is 0.332. The smallest absolute Gasteiger partial charge is 0.218 e. The molecule has 1 aromatic heterocycles. The molecule has 0 radical (unpaired) electrons. The van der Waals surface area contributed by atoms with Gasteiger partial charge in [-0.25, -0.2) is 4.98 Å². The summed E-state index contributed by atoms with van der Waals surface area (Å²) in [4.78, 5) is 4.14. The van der Waals surface area contributed by atoms with Crippen LogP contribution in [0.25, 0.3) is 12.2 Å². The van der Waals surface area contributed by atoms with Crippen LogP contribution in [0.2, 0.25) is 10.0 Å². The third-order valence-electron chi connectivity index (χ3n) is 2.07.